The van der Waals surface area contributed by atoms with Gasteiger partial charge in [0.2, 0.25) is 0 Å². The third-order valence-electron chi connectivity index (χ3n) is 7.19. The molecular formula is C26H25FN4O4S. The van der Waals surface area contributed by atoms with Crippen LogP contribution in [0.15, 0.2) is 42.5 Å². The third kappa shape index (κ3) is 3.95. The monoisotopic (exact) mass is 508 g/mol. The summed E-state index contributed by atoms with van der Waals surface area (Å²) in [6.45, 7) is 1.14. The molecule has 186 valence electrons. The van der Waals surface area contributed by atoms with Crippen LogP contribution in [-0.4, -0.2) is 53.5 Å². The number of nitrogen functional groups attached to an aromatic ring is 1. The van der Waals surface area contributed by atoms with Crippen molar-refractivity contribution >= 4 is 28.3 Å². The number of thiazole rings is 1. The lowest BCUT2D eigenvalue weighted by Crippen LogP contribution is -2.50. The van der Waals surface area contributed by atoms with E-state index >= 15 is 0 Å². The number of benzene rings is 2. The number of hydrogen-bond acceptors (Lipinski definition) is 7. The van der Waals surface area contributed by atoms with Gasteiger partial charge in [0, 0.05) is 12.6 Å². The Hall–Kier alpha value is -3.66. The highest BCUT2D eigenvalue weighted by Gasteiger charge is 2.49. The molecule has 3 aliphatic rings. The average Bonchev–Trinajstić information content (AvgIpc) is 3.61. The van der Waals surface area contributed by atoms with Crippen molar-refractivity contribution in [1.29, 1.82) is 0 Å². The minimum absolute atomic E-state index is 0.0777. The second kappa shape index (κ2) is 9.09. The number of nitrogens with two attached hydrogens (primary N) is 1. The van der Waals surface area contributed by atoms with Crippen molar-refractivity contribution in [3.8, 4) is 21.9 Å². The summed E-state index contributed by atoms with van der Waals surface area (Å²) >= 11 is 1.17. The molecule has 0 radical (unpaired) electrons. The minimum atomic E-state index is -0.392. The zero-order chi connectivity index (χ0) is 24.8. The maximum absolute atomic E-state index is 13.9. The molecule has 3 atom stereocenters. The fourth-order valence-corrected chi connectivity index (χ4v) is 6.47. The molecule has 1 saturated carbocycles. The third-order valence-corrected chi connectivity index (χ3v) is 8.12. The zero-order valence-electron chi connectivity index (χ0n) is 19.4. The highest BCUT2D eigenvalue weighted by atomic mass is 32.1. The number of anilines is 1. The Morgan fingerprint density at radius 3 is 2.86 bits per heavy atom. The fourth-order valence-electron chi connectivity index (χ4n) is 5.65. The predicted molar refractivity (Wildman–Crippen MR) is 133 cm³/mol. The number of aromatic nitrogens is 1. The van der Waals surface area contributed by atoms with E-state index in [1.807, 2.05) is 4.90 Å². The normalized spacial score (nSPS) is 22.0. The molecule has 10 heteroatoms. The SMILES string of the molecule is Nc1nc(C(=O)N2[C@@H]3CC[C@@H](C3)[C@H]2CNC(=O)c2cccc3c2OCCO3)c(-c2cccc(F)c2)s1. The molecule has 3 heterocycles. The standard InChI is InChI=1S/C26H25FN4O4S/c27-16-4-1-3-15(11-16)23-21(30-26(28)36-23)25(33)31-17-8-7-14(12-17)19(31)13-29-24(32)18-5-2-6-20-22(18)35-10-9-34-20/h1-6,11,14,17,19H,7-10,12-13H2,(H2,28,30)(H,29,32)/t14-,17+,19+/m0/s1. The van der Waals surface area contributed by atoms with Gasteiger partial charge < -0.3 is 25.4 Å². The highest BCUT2D eigenvalue weighted by Crippen LogP contribution is 2.44. The molecule has 36 heavy (non-hydrogen) atoms. The van der Waals surface area contributed by atoms with Crippen LogP contribution in [-0.2, 0) is 0 Å². The first kappa shape index (κ1) is 22.8. The average molecular weight is 509 g/mol. The van der Waals surface area contributed by atoms with Crippen molar-refractivity contribution < 1.29 is 23.5 Å². The maximum atomic E-state index is 13.9. The van der Waals surface area contributed by atoms with E-state index in [2.05, 4.69) is 10.3 Å². The summed E-state index contributed by atoms with van der Waals surface area (Å²) < 4.78 is 25.2. The van der Waals surface area contributed by atoms with Crippen LogP contribution in [0.1, 0.15) is 40.1 Å². The molecular weight excluding hydrogens is 483 g/mol. The molecule has 2 fully saturated rings. The van der Waals surface area contributed by atoms with Crippen LogP contribution >= 0.6 is 11.3 Å². The molecule has 2 aliphatic heterocycles. The van der Waals surface area contributed by atoms with Gasteiger partial charge in [-0.25, -0.2) is 9.37 Å². The first-order valence-corrected chi connectivity index (χ1v) is 12.8. The molecule has 1 saturated heterocycles. The number of likely N-dealkylation sites (tertiary alicyclic amines) is 1. The molecule has 8 nitrogen and oxygen atoms in total. The number of hydrogen-bond donors (Lipinski definition) is 2. The van der Waals surface area contributed by atoms with E-state index in [0.29, 0.717) is 47.3 Å². The van der Waals surface area contributed by atoms with Crippen LogP contribution in [0.25, 0.3) is 10.4 Å². The summed E-state index contributed by atoms with van der Waals surface area (Å²) in [5.41, 5.74) is 7.19. The zero-order valence-corrected chi connectivity index (χ0v) is 20.2. The maximum Gasteiger partial charge on any atom is 0.274 e. The van der Waals surface area contributed by atoms with Gasteiger partial charge in [0.15, 0.2) is 16.6 Å². The van der Waals surface area contributed by atoms with Crippen LogP contribution in [0.3, 0.4) is 0 Å². The van der Waals surface area contributed by atoms with Gasteiger partial charge in [-0.15, -0.1) is 0 Å². The lowest BCUT2D eigenvalue weighted by atomic mass is 9.97. The van der Waals surface area contributed by atoms with Crippen LogP contribution in [0.4, 0.5) is 9.52 Å². The number of nitrogens with zero attached hydrogens (tertiary/aromatic N) is 2. The van der Waals surface area contributed by atoms with Crippen LogP contribution in [0, 0.1) is 11.7 Å². The smallest absolute Gasteiger partial charge is 0.274 e. The predicted octanol–water partition coefficient (Wildman–Crippen LogP) is 3.73. The fraction of sp³-hybridized carbons (Fsp3) is 0.346. The van der Waals surface area contributed by atoms with Crippen molar-refractivity contribution in [2.45, 2.75) is 31.3 Å². The van der Waals surface area contributed by atoms with Gasteiger partial charge in [-0.3, -0.25) is 9.59 Å². The molecule has 0 unspecified atom stereocenters. The minimum Gasteiger partial charge on any atom is -0.486 e. The number of halogens is 1. The Labute approximate surface area is 211 Å². The Bertz CT molecular complexity index is 1350. The van der Waals surface area contributed by atoms with Crippen molar-refractivity contribution in [3.63, 3.8) is 0 Å². The van der Waals surface area contributed by atoms with Gasteiger partial charge in [-0.05, 0) is 55.0 Å². The van der Waals surface area contributed by atoms with Gasteiger partial charge in [0.05, 0.1) is 16.5 Å². The molecule has 0 spiro atoms. The number of carbonyl (C=O) groups is 2. The van der Waals surface area contributed by atoms with E-state index in [1.165, 1.54) is 23.5 Å². The molecule has 1 aromatic heterocycles. The van der Waals surface area contributed by atoms with Crippen molar-refractivity contribution in [2.24, 2.45) is 5.92 Å². The number of piperidine rings is 1. The quantitative estimate of drug-likeness (QED) is 0.544. The summed E-state index contributed by atoms with van der Waals surface area (Å²) in [6.07, 6.45) is 2.80. The van der Waals surface area contributed by atoms with Gasteiger partial charge in [-0.2, -0.15) is 0 Å². The Morgan fingerprint density at radius 1 is 1.17 bits per heavy atom. The summed E-state index contributed by atoms with van der Waals surface area (Å²) in [7, 11) is 0. The molecule has 2 bridgehead atoms. The second-order valence-corrected chi connectivity index (χ2v) is 10.3. The van der Waals surface area contributed by atoms with E-state index in [-0.39, 0.29) is 40.6 Å². The Morgan fingerprint density at radius 2 is 2.00 bits per heavy atom. The molecule has 6 rings (SSSR count). The van der Waals surface area contributed by atoms with Crippen molar-refractivity contribution in [1.82, 2.24) is 15.2 Å². The van der Waals surface area contributed by atoms with E-state index in [1.54, 1.807) is 30.3 Å². The first-order chi connectivity index (χ1) is 17.5. The van der Waals surface area contributed by atoms with Crippen molar-refractivity contribution in [2.75, 3.05) is 25.5 Å². The van der Waals surface area contributed by atoms with E-state index in [9.17, 15) is 14.0 Å². The Kier molecular flexibility index (Phi) is 5.75. The second-order valence-electron chi connectivity index (χ2n) is 9.29. The number of carbonyl (C=O) groups excluding carboxylic acids is 2. The van der Waals surface area contributed by atoms with E-state index in [0.717, 1.165) is 19.3 Å². The summed E-state index contributed by atoms with van der Waals surface area (Å²) in [6, 6.07) is 11.2. The van der Waals surface area contributed by atoms with Gasteiger partial charge in [0.1, 0.15) is 24.7 Å². The van der Waals surface area contributed by atoms with Crippen LogP contribution in [0.2, 0.25) is 0 Å². The molecule has 1 aliphatic carbocycles. The summed E-state index contributed by atoms with van der Waals surface area (Å²) in [5.74, 6) is 0.387. The van der Waals surface area contributed by atoms with Gasteiger partial charge in [0.25, 0.3) is 11.8 Å². The molecule has 2 amide bonds. The van der Waals surface area contributed by atoms with Gasteiger partial charge >= 0.3 is 0 Å². The number of rotatable bonds is 5. The lowest BCUT2D eigenvalue weighted by molar-refractivity contribution is 0.0577. The van der Waals surface area contributed by atoms with Crippen LogP contribution < -0.4 is 20.5 Å². The van der Waals surface area contributed by atoms with Gasteiger partial charge in [-0.1, -0.05) is 29.5 Å². The lowest BCUT2D eigenvalue weighted by Gasteiger charge is -2.35. The summed E-state index contributed by atoms with van der Waals surface area (Å²) in [4.78, 5) is 33.6. The topological polar surface area (TPSA) is 107 Å². The number of ether oxygens (including phenoxy) is 2. The summed E-state index contributed by atoms with van der Waals surface area (Å²) in [5, 5.41) is 3.26. The number of fused-ring (bicyclic) bond motifs is 3. The van der Waals surface area contributed by atoms with E-state index < -0.39 is 5.82 Å². The number of amides is 2. The highest BCUT2D eigenvalue weighted by molar-refractivity contribution is 7.19. The largest absolute Gasteiger partial charge is 0.486 e. The first-order valence-electron chi connectivity index (χ1n) is 12.0. The van der Waals surface area contributed by atoms with Crippen molar-refractivity contribution in [3.05, 3.63) is 59.5 Å². The molecule has 2 aromatic carbocycles. The van der Waals surface area contributed by atoms with E-state index in [4.69, 9.17) is 15.2 Å². The Balaban J connectivity index is 1.24. The molecule has 3 aromatic rings. The molecule has 3 N–H and O–H groups in total. The number of nitrogens with one attached hydrogen (secondary N) is 1. The number of para-hydroxylation sites is 1. The van der Waals surface area contributed by atoms with Crippen LogP contribution in [0.5, 0.6) is 11.5 Å².